The van der Waals surface area contributed by atoms with Gasteiger partial charge in [0.2, 0.25) is 0 Å². The molecule has 3 nitrogen and oxygen atoms in total. The lowest BCUT2D eigenvalue weighted by Crippen LogP contribution is -2.55. The van der Waals surface area contributed by atoms with Crippen LogP contribution >= 0.6 is 0 Å². The van der Waals surface area contributed by atoms with E-state index in [0.29, 0.717) is 6.04 Å². The number of carbonyl (C=O) groups is 1. The number of hydrogen-bond acceptors (Lipinski definition) is 2. The smallest absolute Gasteiger partial charge is 0.324 e. The van der Waals surface area contributed by atoms with Gasteiger partial charge in [-0.05, 0) is 51.5 Å². The van der Waals surface area contributed by atoms with Gasteiger partial charge in [-0.3, -0.25) is 9.69 Å². The first-order chi connectivity index (χ1) is 8.06. The molecule has 0 radical (unpaired) electrons. The van der Waals surface area contributed by atoms with E-state index < -0.39 is 11.5 Å². The highest BCUT2D eigenvalue weighted by atomic mass is 16.4. The van der Waals surface area contributed by atoms with E-state index in [1.807, 2.05) is 7.05 Å². The van der Waals surface area contributed by atoms with Crippen molar-refractivity contribution >= 4 is 5.97 Å². The zero-order valence-corrected chi connectivity index (χ0v) is 11.1. The molecule has 0 saturated heterocycles. The van der Waals surface area contributed by atoms with E-state index in [1.165, 1.54) is 25.7 Å². The fourth-order valence-corrected chi connectivity index (χ4v) is 3.66. The highest BCUT2D eigenvalue weighted by Crippen LogP contribution is 2.39. The van der Waals surface area contributed by atoms with Gasteiger partial charge in [-0.25, -0.2) is 0 Å². The first-order valence-corrected chi connectivity index (χ1v) is 7.02. The van der Waals surface area contributed by atoms with Gasteiger partial charge in [0.1, 0.15) is 5.54 Å². The van der Waals surface area contributed by atoms with Crippen molar-refractivity contribution in [3.63, 3.8) is 0 Å². The van der Waals surface area contributed by atoms with Crippen LogP contribution in [-0.2, 0) is 4.79 Å². The molecule has 1 N–H and O–H groups in total. The molecule has 2 aliphatic carbocycles. The van der Waals surface area contributed by atoms with Gasteiger partial charge >= 0.3 is 5.97 Å². The summed E-state index contributed by atoms with van der Waals surface area (Å²) < 4.78 is 0. The second-order valence-electron chi connectivity index (χ2n) is 6.07. The maximum Gasteiger partial charge on any atom is 0.324 e. The molecule has 0 spiro atoms. The molecule has 98 valence electrons. The summed E-state index contributed by atoms with van der Waals surface area (Å²) in [6, 6.07) is 0.486. The summed E-state index contributed by atoms with van der Waals surface area (Å²) in [5, 5.41) is 9.58. The Bertz CT molecular complexity index is 276. The van der Waals surface area contributed by atoms with Crippen molar-refractivity contribution in [2.45, 2.75) is 69.9 Å². The molecule has 0 heterocycles. The Morgan fingerprint density at radius 2 is 1.71 bits per heavy atom. The molecule has 2 aliphatic rings. The first-order valence-electron chi connectivity index (χ1n) is 7.02. The standard InChI is InChI=1S/C14H25NO2/c1-11-5-7-12(8-6-11)15(2)14(13(16)17)9-3-4-10-14/h11-12H,3-10H2,1-2H3,(H,16,17). The fraction of sp³-hybridized carbons (Fsp3) is 0.929. The van der Waals surface area contributed by atoms with Crippen LogP contribution in [0.1, 0.15) is 58.3 Å². The Hall–Kier alpha value is -0.570. The lowest BCUT2D eigenvalue weighted by atomic mass is 9.83. The zero-order chi connectivity index (χ0) is 12.5. The second-order valence-corrected chi connectivity index (χ2v) is 6.07. The molecule has 2 rings (SSSR count). The number of aliphatic carboxylic acids is 1. The molecule has 17 heavy (non-hydrogen) atoms. The van der Waals surface area contributed by atoms with Crippen LogP contribution in [0.5, 0.6) is 0 Å². The minimum atomic E-state index is -0.601. The minimum absolute atomic E-state index is 0.486. The van der Waals surface area contributed by atoms with E-state index in [1.54, 1.807) is 0 Å². The third-order valence-electron chi connectivity index (χ3n) is 5.04. The van der Waals surface area contributed by atoms with Crippen molar-refractivity contribution in [3.8, 4) is 0 Å². The van der Waals surface area contributed by atoms with Crippen LogP contribution in [0.2, 0.25) is 0 Å². The van der Waals surface area contributed by atoms with Crippen molar-refractivity contribution in [1.82, 2.24) is 4.90 Å². The quantitative estimate of drug-likeness (QED) is 0.823. The van der Waals surface area contributed by atoms with Crippen LogP contribution < -0.4 is 0 Å². The van der Waals surface area contributed by atoms with Crippen molar-refractivity contribution in [3.05, 3.63) is 0 Å². The van der Waals surface area contributed by atoms with Gasteiger partial charge in [0.05, 0.1) is 0 Å². The van der Waals surface area contributed by atoms with E-state index >= 15 is 0 Å². The van der Waals surface area contributed by atoms with E-state index in [4.69, 9.17) is 0 Å². The molecule has 0 amide bonds. The maximum absolute atomic E-state index is 11.6. The van der Waals surface area contributed by atoms with Crippen LogP contribution in [0.3, 0.4) is 0 Å². The third kappa shape index (κ3) is 2.35. The van der Waals surface area contributed by atoms with Crippen LogP contribution in [0, 0.1) is 5.92 Å². The molecular weight excluding hydrogens is 214 g/mol. The van der Waals surface area contributed by atoms with Gasteiger partial charge in [0.25, 0.3) is 0 Å². The maximum atomic E-state index is 11.6. The topological polar surface area (TPSA) is 40.5 Å². The lowest BCUT2D eigenvalue weighted by molar-refractivity contribution is -0.152. The number of rotatable bonds is 3. The molecule has 0 unspecified atom stereocenters. The minimum Gasteiger partial charge on any atom is -0.480 e. The van der Waals surface area contributed by atoms with Crippen LogP contribution in [0.15, 0.2) is 0 Å². The van der Waals surface area contributed by atoms with E-state index in [-0.39, 0.29) is 0 Å². The number of hydrogen-bond donors (Lipinski definition) is 1. The Morgan fingerprint density at radius 3 is 2.18 bits per heavy atom. The summed E-state index contributed by atoms with van der Waals surface area (Å²) in [4.78, 5) is 13.8. The fourth-order valence-electron chi connectivity index (χ4n) is 3.66. The molecule has 0 aliphatic heterocycles. The van der Waals surface area contributed by atoms with Crippen LogP contribution in [0.4, 0.5) is 0 Å². The van der Waals surface area contributed by atoms with Gasteiger partial charge in [-0.1, -0.05) is 19.8 Å². The third-order valence-corrected chi connectivity index (χ3v) is 5.04. The summed E-state index contributed by atoms with van der Waals surface area (Å²) in [6.07, 6.45) is 8.67. The Labute approximate surface area is 104 Å². The molecule has 0 atom stereocenters. The number of carboxylic acids is 1. The average molecular weight is 239 g/mol. The molecule has 2 saturated carbocycles. The Morgan fingerprint density at radius 1 is 1.18 bits per heavy atom. The van der Waals surface area contributed by atoms with Crippen molar-refractivity contribution in [1.29, 1.82) is 0 Å². The van der Waals surface area contributed by atoms with E-state index in [2.05, 4.69) is 11.8 Å². The monoisotopic (exact) mass is 239 g/mol. The molecule has 3 heteroatoms. The SMILES string of the molecule is CC1CCC(N(C)C2(C(=O)O)CCCC2)CC1. The van der Waals surface area contributed by atoms with Gasteiger partial charge in [-0.2, -0.15) is 0 Å². The predicted molar refractivity (Wildman–Crippen MR) is 68.0 cm³/mol. The zero-order valence-electron chi connectivity index (χ0n) is 11.1. The number of nitrogens with zero attached hydrogens (tertiary/aromatic N) is 1. The number of likely N-dealkylation sites (N-methyl/N-ethyl adjacent to an activating group) is 1. The first kappa shape index (κ1) is 12.9. The van der Waals surface area contributed by atoms with Crippen LogP contribution in [-0.4, -0.2) is 34.6 Å². The summed E-state index contributed by atoms with van der Waals surface area (Å²) >= 11 is 0. The van der Waals surface area contributed by atoms with Gasteiger partial charge in [0.15, 0.2) is 0 Å². The van der Waals surface area contributed by atoms with E-state index in [9.17, 15) is 9.90 Å². The normalized spacial score (nSPS) is 32.9. The lowest BCUT2D eigenvalue weighted by Gasteiger charge is -2.43. The van der Waals surface area contributed by atoms with Crippen molar-refractivity contribution in [2.75, 3.05) is 7.05 Å². The Balaban J connectivity index is 2.06. The van der Waals surface area contributed by atoms with Crippen molar-refractivity contribution in [2.24, 2.45) is 5.92 Å². The largest absolute Gasteiger partial charge is 0.480 e. The predicted octanol–water partition coefficient (Wildman–Crippen LogP) is 2.89. The average Bonchev–Trinajstić information content (AvgIpc) is 2.79. The summed E-state index contributed by atoms with van der Waals surface area (Å²) in [6.45, 7) is 2.30. The summed E-state index contributed by atoms with van der Waals surface area (Å²) in [5.41, 5.74) is -0.550. The molecule has 2 fully saturated rings. The Kier molecular flexibility index (Phi) is 3.76. The van der Waals surface area contributed by atoms with Crippen molar-refractivity contribution < 1.29 is 9.90 Å². The number of carboxylic acid groups (broad SMARTS) is 1. The molecule has 0 aromatic heterocycles. The molecule has 0 bridgehead atoms. The highest BCUT2D eigenvalue weighted by molar-refractivity contribution is 5.79. The summed E-state index contributed by atoms with van der Waals surface area (Å²) in [7, 11) is 2.04. The van der Waals surface area contributed by atoms with E-state index in [0.717, 1.165) is 31.6 Å². The van der Waals surface area contributed by atoms with Gasteiger partial charge < -0.3 is 5.11 Å². The second kappa shape index (κ2) is 4.97. The molecule has 0 aromatic rings. The van der Waals surface area contributed by atoms with Gasteiger partial charge in [0, 0.05) is 6.04 Å². The highest BCUT2D eigenvalue weighted by Gasteiger charge is 2.47. The summed E-state index contributed by atoms with van der Waals surface area (Å²) in [5.74, 6) is 0.222. The molecule has 0 aromatic carbocycles. The van der Waals surface area contributed by atoms with Crippen LogP contribution in [0.25, 0.3) is 0 Å². The molecular formula is C14H25NO2. The van der Waals surface area contributed by atoms with Gasteiger partial charge in [-0.15, -0.1) is 0 Å².